The number of carbonyl (C=O) groups is 3. The third-order valence-corrected chi connectivity index (χ3v) is 3.95. The molecule has 166 valence electrons. The van der Waals surface area contributed by atoms with Crippen molar-refractivity contribution < 1.29 is 38.5 Å². The Balaban J connectivity index is 0.000000479. The van der Waals surface area contributed by atoms with Gasteiger partial charge in [0.1, 0.15) is 18.2 Å². The van der Waals surface area contributed by atoms with Gasteiger partial charge in [0.15, 0.2) is 0 Å². The maximum Gasteiger partial charge on any atom is 0.410 e. The van der Waals surface area contributed by atoms with Crippen molar-refractivity contribution in [3.63, 3.8) is 0 Å². The summed E-state index contributed by atoms with van der Waals surface area (Å²) in [5.74, 6) is -2.32. The number of benzene rings is 1. The largest absolute Gasteiger partial charge is 0.494 e. The number of carboxylic acids is 2. The highest BCUT2D eigenvalue weighted by atomic mass is 19.1. The summed E-state index contributed by atoms with van der Waals surface area (Å²) in [4.78, 5) is 32.8. The van der Waals surface area contributed by atoms with Crippen LogP contribution in [0.4, 0.5) is 9.18 Å². The molecule has 30 heavy (non-hydrogen) atoms. The highest BCUT2D eigenvalue weighted by molar-refractivity contribution is 5.89. The predicted octanol–water partition coefficient (Wildman–Crippen LogP) is 2.26. The van der Waals surface area contributed by atoms with Crippen molar-refractivity contribution in [1.29, 1.82) is 0 Å². The van der Waals surface area contributed by atoms with Crippen molar-refractivity contribution >= 4 is 18.0 Å². The number of hydrogen-bond donors (Lipinski definition) is 3. The molecule has 0 aliphatic carbocycles. The normalized spacial score (nSPS) is 15.8. The van der Waals surface area contributed by atoms with Gasteiger partial charge in [-0.1, -0.05) is 6.92 Å². The molecule has 1 aromatic rings. The Labute approximate surface area is 174 Å². The van der Waals surface area contributed by atoms with Crippen LogP contribution in [0.3, 0.4) is 0 Å². The van der Waals surface area contributed by atoms with Gasteiger partial charge < -0.3 is 29.9 Å². The molecule has 0 aromatic heterocycles. The van der Waals surface area contributed by atoms with E-state index < -0.39 is 23.8 Å². The van der Waals surface area contributed by atoms with Crippen molar-refractivity contribution in [1.82, 2.24) is 10.2 Å². The van der Waals surface area contributed by atoms with Crippen LogP contribution >= 0.6 is 0 Å². The molecule has 3 N–H and O–H groups in total. The highest BCUT2D eigenvalue weighted by Crippen LogP contribution is 2.18. The summed E-state index contributed by atoms with van der Waals surface area (Å²) in [6, 6.07) is 4.57. The fraction of sp³-hybridized carbons (Fsp3) is 0.450. The SMILES string of the molecule is CCCOc1ccc(F)c(COC(=O)N2CCNC[C@H]2C)c1.O=C(O)C=CC(=O)O. The van der Waals surface area contributed by atoms with Gasteiger partial charge in [-0.3, -0.25) is 0 Å². The Kier molecular flexibility index (Phi) is 10.9. The van der Waals surface area contributed by atoms with Gasteiger partial charge in [0.25, 0.3) is 0 Å². The van der Waals surface area contributed by atoms with E-state index in [1.807, 2.05) is 13.8 Å². The Morgan fingerprint density at radius 3 is 2.50 bits per heavy atom. The highest BCUT2D eigenvalue weighted by Gasteiger charge is 2.24. The van der Waals surface area contributed by atoms with Gasteiger partial charge in [-0.05, 0) is 31.5 Å². The monoisotopic (exact) mass is 426 g/mol. The Hall–Kier alpha value is -3.14. The molecular formula is C20H27FN2O7. The Morgan fingerprint density at radius 1 is 1.27 bits per heavy atom. The molecule has 1 saturated heterocycles. The van der Waals surface area contributed by atoms with Gasteiger partial charge >= 0.3 is 18.0 Å². The second-order valence-electron chi connectivity index (χ2n) is 6.41. The lowest BCUT2D eigenvalue weighted by atomic mass is 10.2. The van der Waals surface area contributed by atoms with Gasteiger partial charge in [-0.25, -0.2) is 18.8 Å². The molecule has 0 bridgehead atoms. The molecule has 0 unspecified atom stereocenters. The Morgan fingerprint density at radius 2 is 1.93 bits per heavy atom. The first-order valence-electron chi connectivity index (χ1n) is 9.43. The molecule has 0 radical (unpaired) electrons. The molecule has 1 aliphatic rings. The lowest BCUT2D eigenvalue weighted by Crippen LogP contribution is -2.52. The molecule has 0 spiro atoms. The van der Waals surface area contributed by atoms with E-state index >= 15 is 0 Å². The predicted molar refractivity (Wildman–Crippen MR) is 106 cm³/mol. The Bertz CT molecular complexity index is 739. The molecule has 1 aromatic carbocycles. The third-order valence-electron chi connectivity index (χ3n) is 3.95. The lowest BCUT2D eigenvalue weighted by Gasteiger charge is -2.33. The van der Waals surface area contributed by atoms with Gasteiger partial charge in [-0.15, -0.1) is 0 Å². The van der Waals surface area contributed by atoms with E-state index in [9.17, 15) is 18.8 Å². The summed E-state index contributed by atoms with van der Waals surface area (Å²) in [6.07, 6.45) is 1.58. The summed E-state index contributed by atoms with van der Waals surface area (Å²) in [6.45, 7) is 6.52. The van der Waals surface area contributed by atoms with Crippen LogP contribution in [0.25, 0.3) is 0 Å². The van der Waals surface area contributed by atoms with E-state index in [1.54, 1.807) is 17.0 Å². The van der Waals surface area contributed by atoms with Crippen LogP contribution in [0.2, 0.25) is 0 Å². The summed E-state index contributed by atoms with van der Waals surface area (Å²) in [7, 11) is 0. The van der Waals surface area contributed by atoms with Crippen molar-refractivity contribution in [2.75, 3.05) is 26.2 Å². The second kappa shape index (κ2) is 13.2. The molecular weight excluding hydrogens is 399 g/mol. The molecule has 1 amide bonds. The van der Waals surface area contributed by atoms with E-state index in [0.29, 0.717) is 36.6 Å². The van der Waals surface area contributed by atoms with Crippen LogP contribution in [0, 0.1) is 5.82 Å². The van der Waals surface area contributed by atoms with E-state index in [4.69, 9.17) is 19.7 Å². The minimum absolute atomic E-state index is 0.0744. The zero-order valence-corrected chi connectivity index (χ0v) is 17.0. The van der Waals surface area contributed by atoms with E-state index in [-0.39, 0.29) is 12.6 Å². The molecule has 2 rings (SSSR count). The first-order valence-corrected chi connectivity index (χ1v) is 9.43. The summed E-state index contributed by atoms with van der Waals surface area (Å²) >= 11 is 0. The van der Waals surface area contributed by atoms with Crippen molar-refractivity contribution in [3.8, 4) is 5.75 Å². The molecule has 1 atom stereocenters. The van der Waals surface area contributed by atoms with Gasteiger partial charge in [0.2, 0.25) is 0 Å². The lowest BCUT2D eigenvalue weighted by molar-refractivity contribution is -0.134. The third kappa shape index (κ3) is 9.37. The number of piperazine rings is 1. The summed E-state index contributed by atoms with van der Waals surface area (Å²) < 4.78 is 24.5. The van der Waals surface area contributed by atoms with E-state index in [1.165, 1.54) is 6.07 Å². The van der Waals surface area contributed by atoms with Crippen molar-refractivity contribution in [2.24, 2.45) is 0 Å². The number of amides is 1. The first kappa shape index (κ1) is 24.9. The fourth-order valence-electron chi connectivity index (χ4n) is 2.45. The number of carbonyl (C=O) groups excluding carboxylic acids is 1. The molecule has 9 nitrogen and oxygen atoms in total. The topological polar surface area (TPSA) is 125 Å². The first-order chi connectivity index (χ1) is 14.2. The number of nitrogens with one attached hydrogen (secondary N) is 1. The van der Waals surface area contributed by atoms with Crippen LogP contribution in [0.1, 0.15) is 25.8 Å². The molecule has 0 saturated carbocycles. The number of ether oxygens (including phenoxy) is 2. The second-order valence-corrected chi connectivity index (χ2v) is 6.41. The molecule has 1 aliphatic heterocycles. The van der Waals surface area contributed by atoms with Crippen LogP contribution in [0.15, 0.2) is 30.4 Å². The van der Waals surface area contributed by atoms with Gasteiger partial charge in [-0.2, -0.15) is 0 Å². The number of aliphatic carboxylic acids is 2. The maximum absolute atomic E-state index is 13.8. The zero-order valence-electron chi connectivity index (χ0n) is 17.0. The van der Waals surface area contributed by atoms with E-state index in [2.05, 4.69) is 5.32 Å². The molecule has 10 heteroatoms. The van der Waals surface area contributed by atoms with E-state index in [0.717, 1.165) is 19.5 Å². The molecule has 1 fully saturated rings. The average molecular weight is 426 g/mol. The minimum atomic E-state index is -1.26. The van der Waals surface area contributed by atoms with Crippen LogP contribution in [0.5, 0.6) is 5.75 Å². The standard InChI is InChI=1S/C16H23FN2O3.C4H4O4/c1-3-8-21-14-4-5-15(17)13(9-14)11-22-16(20)19-7-6-18-10-12(19)2;5-3(6)1-2-4(7)8/h4-5,9,12,18H,3,6-8,10-11H2,1-2H3;1-2H,(H,5,6)(H,7,8)/t12-;/m1./s1. The number of carboxylic acid groups (broad SMARTS) is 2. The minimum Gasteiger partial charge on any atom is -0.494 e. The number of hydrogen-bond acceptors (Lipinski definition) is 6. The van der Waals surface area contributed by atoms with Crippen molar-refractivity contribution in [3.05, 3.63) is 41.7 Å². The van der Waals surface area contributed by atoms with Crippen LogP contribution in [-0.4, -0.2) is 65.4 Å². The van der Waals surface area contributed by atoms with Crippen LogP contribution in [-0.2, 0) is 20.9 Å². The van der Waals surface area contributed by atoms with Crippen LogP contribution < -0.4 is 10.1 Å². The quantitative estimate of drug-likeness (QED) is 0.567. The zero-order chi connectivity index (χ0) is 22.5. The van der Waals surface area contributed by atoms with Gasteiger partial charge in [0.05, 0.1) is 6.61 Å². The number of halogens is 1. The number of rotatable bonds is 7. The average Bonchev–Trinajstić information content (AvgIpc) is 2.71. The number of nitrogens with zero attached hydrogens (tertiary/aromatic N) is 1. The molecule has 1 heterocycles. The summed E-state index contributed by atoms with van der Waals surface area (Å²) in [5.41, 5.74) is 0.324. The maximum atomic E-state index is 13.8. The van der Waals surface area contributed by atoms with Gasteiger partial charge in [0, 0.05) is 43.4 Å². The summed E-state index contributed by atoms with van der Waals surface area (Å²) in [5, 5.41) is 18.8. The smallest absolute Gasteiger partial charge is 0.410 e. The van der Waals surface area contributed by atoms with Crippen molar-refractivity contribution in [2.45, 2.75) is 32.9 Å². The fourth-order valence-corrected chi connectivity index (χ4v) is 2.45.